The Morgan fingerprint density at radius 2 is 2.00 bits per heavy atom. The molecule has 0 bridgehead atoms. The zero-order chi connectivity index (χ0) is 14.8. The largest absolute Gasteiger partial charge is 0.381 e. The number of nitrogens with zero attached hydrogens (tertiary/aromatic N) is 2. The number of nitrogens with one attached hydrogen (secondary N) is 1. The number of aromatic nitrogens is 2. The molecule has 2 aromatic rings. The second kappa shape index (κ2) is 5.59. The highest BCUT2D eigenvalue weighted by Crippen LogP contribution is 2.14. The Bertz CT molecular complexity index is 675. The van der Waals surface area contributed by atoms with Gasteiger partial charge in [0, 0.05) is 13.6 Å². The molecule has 0 aliphatic rings. The molecule has 3 N–H and O–H groups in total. The lowest BCUT2D eigenvalue weighted by molar-refractivity contribution is 0.572. The van der Waals surface area contributed by atoms with Crippen molar-refractivity contribution in [3.8, 4) is 0 Å². The van der Waals surface area contributed by atoms with Gasteiger partial charge in [0.25, 0.3) is 10.0 Å². The van der Waals surface area contributed by atoms with E-state index < -0.39 is 10.0 Å². The third-order valence-electron chi connectivity index (χ3n) is 2.78. The number of nitrogens with two attached hydrogens (primary N) is 1. The second-order valence-electron chi connectivity index (χ2n) is 4.32. The predicted molar refractivity (Wildman–Crippen MR) is 72.9 cm³/mol. The molecular formula is C12H15FN4O2S. The number of benzene rings is 1. The summed E-state index contributed by atoms with van der Waals surface area (Å²) in [4.78, 5) is 3.74. The lowest BCUT2D eigenvalue weighted by Crippen LogP contribution is -2.28. The quantitative estimate of drug-likeness (QED) is 0.848. The highest BCUT2D eigenvalue weighted by molar-refractivity contribution is 7.89. The van der Waals surface area contributed by atoms with E-state index in [9.17, 15) is 12.8 Å². The molecule has 0 unspecified atom stereocenters. The van der Waals surface area contributed by atoms with E-state index >= 15 is 0 Å². The molecule has 20 heavy (non-hydrogen) atoms. The van der Waals surface area contributed by atoms with Gasteiger partial charge in [0.2, 0.25) is 0 Å². The van der Waals surface area contributed by atoms with Gasteiger partial charge in [-0.15, -0.1) is 0 Å². The summed E-state index contributed by atoms with van der Waals surface area (Å²) in [5, 5.41) is -0.0587. The van der Waals surface area contributed by atoms with Crippen LogP contribution < -0.4 is 10.5 Å². The first-order chi connectivity index (χ1) is 9.40. The van der Waals surface area contributed by atoms with Gasteiger partial charge >= 0.3 is 0 Å². The summed E-state index contributed by atoms with van der Waals surface area (Å²) >= 11 is 0. The van der Waals surface area contributed by atoms with Gasteiger partial charge in [-0.05, 0) is 24.1 Å². The molecule has 0 spiro atoms. The molecular weight excluding hydrogens is 283 g/mol. The first kappa shape index (κ1) is 14.5. The van der Waals surface area contributed by atoms with Crippen LogP contribution in [-0.4, -0.2) is 24.5 Å². The van der Waals surface area contributed by atoms with Gasteiger partial charge in [0.15, 0.2) is 10.8 Å². The summed E-state index contributed by atoms with van der Waals surface area (Å²) in [5.41, 5.74) is 6.37. The summed E-state index contributed by atoms with van der Waals surface area (Å²) < 4.78 is 40.7. The maximum Gasteiger partial charge on any atom is 0.260 e. The van der Waals surface area contributed by atoms with Crippen LogP contribution in [0.5, 0.6) is 0 Å². The molecule has 0 amide bonds. The number of hydrogen-bond donors (Lipinski definition) is 2. The summed E-state index contributed by atoms with van der Waals surface area (Å²) in [7, 11) is -2.15. The molecule has 6 nitrogen and oxygen atoms in total. The Balaban J connectivity index is 2.02. The third kappa shape index (κ3) is 3.14. The van der Waals surface area contributed by atoms with E-state index in [0.717, 1.165) is 5.56 Å². The molecule has 1 heterocycles. The minimum atomic E-state index is -3.71. The highest BCUT2D eigenvalue weighted by atomic mass is 32.2. The summed E-state index contributed by atoms with van der Waals surface area (Å²) in [6.07, 6.45) is 1.79. The van der Waals surface area contributed by atoms with E-state index in [-0.39, 0.29) is 23.2 Å². The van der Waals surface area contributed by atoms with Crippen LogP contribution in [0.15, 0.2) is 35.6 Å². The van der Waals surface area contributed by atoms with Crippen molar-refractivity contribution in [2.24, 2.45) is 7.05 Å². The fraction of sp³-hybridized carbons (Fsp3) is 0.250. The molecule has 2 rings (SSSR count). The first-order valence-corrected chi connectivity index (χ1v) is 7.39. The van der Waals surface area contributed by atoms with Gasteiger partial charge < -0.3 is 10.3 Å². The monoisotopic (exact) mass is 298 g/mol. The number of nitrogen functional groups attached to an aromatic ring is 1. The lowest BCUT2D eigenvalue weighted by Gasteiger charge is -2.08. The number of hydrogen-bond acceptors (Lipinski definition) is 4. The minimum Gasteiger partial charge on any atom is -0.381 e. The number of imidazole rings is 1. The first-order valence-electron chi connectivity index (χ1n) is 5.91. The maximum atomic E-state index is 12.7. The fourth-order valence-electron chi connectivity index (χ4n) is 1.81. The van der Waals surface area contributed by atoms with Gasteiger partial charge in [-0.3, -0.25) is 0 Å². The molecule has 0 aliphatic heterocycles. The van der Waals surface area contributed by atoms with Crippen LogP contribution in [0.25, 0.3) is 0 Å². The van der Waals surface area contributed by atoms with Crippen molar-refractivity contribution in [3.05, 3.63) is 42.0 Å². The molecule has 0 fully saturated rings. The van der Waals surface area contributed by atoms with Crippen molar-refractivity contribution in [2.75, 3.05) is 12.3 Å². The van der Waals surface area contributed by atoms with Crippen LogP contribution in [0.4, 0.5) is 10.2 Å². The van der Waals surface area contributed by atoms with Crippen LogP contribution in [0, 0.1) is 5.82 Å². The average Bonchev–Trinajstić information content (AvgIpc) is 2.72. The molecule has 108 valence electrons. The topological polar surface area (TPSA) is 90.0 Å². The normalized spacial score (nSPS) is 11.7. The fourth-order valence-corrected chi connectivity index (χ4v) is 3.08. The molecule has 0 saturated carbocycles. The standard InChI is InChI=1S/C12H15FN4O2S/c1-17-8-15-11(14)12(17)20(18,19)16-7-6-9-2-4-10(13)5-3-9/h2-5,8,16H,6-7,14H2,1H3. The third-order valence-corrected chi connectivity index (χ3v) is 4.37. The van der Waals surface area contributed by atoms with Crippen molar-refractivity contribution in [3.63, 3.8) is 0 Å². The zero-order valence-corrected chi connectivity index (χ0v) is 11.7. The lowest BCUT2D eigenvalue weighted by atomic mass is 10.1. The van der Waals surface area contributed by atoms with Gasteiger partial charge in [0.05, 0.1) is 6.33 Å². The SMILES string of the molecule is Cn1cnc(N)c1S(=O)(=O)NCCc1ccc(F)cc1. The van der Waals surface area contributed by atoms with Gasteiger partial charge in [-0.1, -0.05) is 12.1 Å². The summed E-state index contributed by atoms with van der Waals surface area (Å²) in [6.45, 7) is 0.193. The molecule has 0 radical (unpaired) electrons. The van der Waals surface area contributed by atoms with Crippen LogP contribution in [0.3, 0.4) is 0 Å². The molecule has 0 atom stereocenters. The van der Waals surface area contributed by atoms with Crippen molar-refractivity contribution in [1.29, 1.82) is 0 Å². The Hall–Kier alpha value is -1.93. The Morgan fingerprint density at radius 1 is 1.35 bits per heavy atom. The number of aryl methyl sites for hydroxylation is 1. The van der Waals surface area contributed by atoms with E-state index in [0.29, 0.717) is 6.42 Å². The summed E-state index contributed by atoms with van der Waals surface area (Å²) in [6, 6.07) is 5.90. The van der Waals surface area contributed by atoms with Gasteiger partial charge in [0.1, 0.15) is 5.82 Å². The van der Waals surface area contributed by atoms with E-state index in [1.807, 2.05) is 0 Å². The number of halogens is 1. The molecule has 1 aromatic heterocycles. The van der Waals surface area contributed by atoms with Crippen molar-refractivity contribution >= 4 is 15.8 Å². The van der Waals surface area contributed by atoms with Gasteiger partial charge in [-0.25, -0.2) is 22.5 Å². The number of sulfonamides is 1. The van der Waals surface area contributed by atoms with Crippen LogP contribution in [0.1, 0.15) is 5.56 Å². The zero-order valence-electron chi connectivity index (χ0n) is 10.9. The van der Waals surface area contributed by atoms with Crippen molar-refractivity contribution in [1.82, 2.24) is 14.3 Å². The van der Waals surface area contributed by atoms with E-state index in [4.69, 9.17) is 5.73 Å². The number of rotatable bonds is 5. The minimum absolute atomic E-state index is 0.0400. The second-order valence-corrected chi connectivity index (χ2v) is 6.00. The average molecular weight is 298 g/mol. The Morgan fingerprint density at radius 3 is 2.55 bits per heavy atom. The predicted octanol–water partition coefficient (Wildman–Crippen LogP) is 0.662. The molecule has 1 aromatic carbocycles. The molecule has 8 heteroatoms. The Labute approximate surface area is 116 Å². The maximum absolute atomic E-state index is 12.7. The molecule has 0 aliphatic carbocycles. The Kier molecular flexibility index (Phi) is 4.05. The molecule has 0 saturated heterocycles. The van der Waals surface area contributed by atoms with Crippen LogP contribution in [-0.2, 0) is 23.5 Å². The van der Waals surface area contributed by atoms with Crippen molar-refractivity contribution in [2.45, 2.75) is 11.4 Å². The van der Waals surface area contributed by atoms with E-state index in [2.05, 4.69) is 9.71 Å². The summed E-state index contributed by atoms with van der Waals surface area (Å²) in [5.74, 6) is -0.362. The highest BCUT2D eigenvalue weighted by Gasteiger charge is 2.21. The number of anilines is 1. The van der Waals surface area contributed by atoms with Gasteiger partial charge in [-0.2, -0.15) is 0 Å². The van der Waals surface area contributed by atoms with E-state index in [1.54, 1.807) is 19.2 Å². The van der Waals surface area contributed by atoms with E-state index in [1.165, 1.54) is 23.0 Å². The van der Waals surface area contributed by atoms with Crippen LogP contribution in [0.2, 0.25) is 0 Å². The smallest absolute Gasteiger partial charge is 0.260 e. The van der Waals surface area contributed by atoms with Crippen molar-refractivity contribution < 1.29 is 12.8 Å². The van der Waals surface area contributed by atoms with Crippen LogP contribution >= 0.6 is 0 Å².